The highest BCUT2D eigenvalue weighted by Crippen LogP contribution is 2.34. The van der Waals surface area contributed by atoms with Crippen molar-refractivity contribution in [1.82, 2.24) is 15.5 Å². The maximum Gasteiger partial charge on any atom is 0.320 e. The SMILES string of the molecule is Cc1cc(NC(=O)NC[C@H]2CCCc3sc(C)nc32)no1. The quantitative estimate of drug-likeness (QED) is 0.913. The molecule has 7 heteroatoms. The van der Waals surface area contributed by atoms with Crippen molar-refractivity contribution >= 4 is 23.2 Å². The first-order valence-corrected chi connectivity index (χ1v) is 7.88. The van der Waals surface area contributed by atoms with Crippen LogP contribution in [0.25, 0.3) is 0 Å². The number of nitrogens with zero attached hydrogens (tertiary/aromatic N) is 2. The van der Waals surface area contributed by atoms with E-state index in [9.17, 15) is 4.79 Å². The van der Waals surface area contributed by atoms with Crippen LogP contribution in [0.4, 0.5) is 10.6 Å². The van der Waals surface area contributed by atoms with Gasteiger partial charge in [0.1, 0.15) is 5.76 Å². The van der Waals surface area contributed by atoms with E-state index in [2.05, 4.69) is 20.8 Å². The number of aryl methyl sites for hydroxylation is 3. The summed E-state index contributed by atoms with van der Waals surface area (Å²) in [5.41, 5.74) is 1.17. The van der Waals surface area contributed by atoms with Crippen LogP contribution >= 0.6 is 11.3 Å². The summed E-state index contributed by atoms with van der Waals surface area (Å²) >= 11 is 1.77. The third-order valence-electron chi connectivity index (χ3n) is 3.56. The minimum atomic E-state index is -0.262. The molecule has 0 fully saturated rings. The maximum atomic E-state index is 11.9. The van der Waals surface area contributed by atoms with Crippen molar-refractivity contribution in [1.29, 1.82) is 0 Å². The molecule has 2 N–H and O–H groups in total. The zero-order valence-electron chi connectivity index (χ0n) is 12.1. The number of rotatable bonds is 3. The maximum absolute atomic E-state index is 11.9. The molecule has 0 bridgehead atoms. The molecule has 0 spiro atoms. The van der Waals surface area contributed by atoms with Gasteiger partial charge in [0, 0.05) is 23.4 Å². The molecule has 1 atom stereocenters. The van der Waals surface area contributed by atoms with Gasteiger partial charge in [0.15, 0.2) is 5.82 Å². The number of thiazole rings is 1. The number of aromatic nitrogens is 2. The summed E-state index contributed by atoms with van der Waals surface area (Å²) in [4.78, 5) is 17.9. The van der Waals surface area contributed by atoms with E-state index in [0.717, 1.165) is 24.3 Å². The van der Waals surface area contributed by atoms with E-state index in [-0.39, 0.29) is 6.03 Å². The second kappa shape index (κ2) is 5.85. The molecule has 1 aliphatic carbocycles. The first kappa shape index (κ1) is 14.1. The summed E-state index contributed by atoms with van der Waals surface area (Å²) in [6.07, 6.45) is 3.34. The summed E-state index contributed by atoms with van der Waals surface area (Å²) in [6.45, 7) is 4.41. The van der Waals surface area contributed by atoms with Crippen LogP contribution in [0.1, 0.15) is 40.1 Å². The number of hydrogen-bond acceptors (Lipinski definition) is 5. The Kier molecular flexibility index (Phi) is 3.92. The molecule has 0 unspecified atom stereocenters. The van der Waals surface area contributed by atoms with E-state index in [1.807, 2.05) is 6.92 Å². The fraction of sp³-hybridized carbons (Fsp3) is 0.500. The van der Waals surface area contributed by atoms with Crippen LogP contribution in [0.2, 0.25) is 0 Å². The van der Waals surface area contributed by atoms with Gasteiger partial charge in [-0.25, -0.2) is 9.78 Å². The third-order valence-corrected chi connectivity index (χ3v) is 4.60. The van der Waals surface area contributed by atoms with Crippen molar-refractivity contribution in [2.24, 2.45) is 0 Å². The fourth-order valence-corrected chi connectivity index (χ4v) is 3.69. The third kappa shape index (κ3) is 3.24. The van der Waals surface area contributed by atoms with Crippen LogP contribution in [0, 0.1) is 13.8 Å². The van der Waals surface area contributed by atoms with Crippen LogP contribution in [0.5, 0.6) is 0 Å². The number of amides is 2. The minimum Gasteiger partial charge on any atom is -0.360 e. The van der Waals surface area contributed by atoms with Gasteiger partial charge in [0.05, 0.1) is 10.7 Å². The highest BCUT2D eigenvalue weighted by atomic mass is 32.1. The molecule has 21 heavy (non-hydrogen) atoms. The molecule has 0 aromatic carbocycles. The van der Waals surface area contributed by atoms with E-state index >= 15 is 0 Å². The average molecular weight is 306 g/mol. The molecule has 112 valence electrons. The Hall–Kier alpha value is -1.89. The summed E-state index contributed by atoms with van der Waals surface area (Å²) in [5.74, 6) is 1.41. The summed E-state index contributed by atoms with van der Waals surface area (Å²) < 4.78 is 4.91. The van der Waals surface area contributed by atoms with Gasteiger partial charge < -0.3 is 9.84 Å². The lowest BCUT2D eigenvalue weighted by Gasteiger charge is -2.21. The van der Waals surface area contributed by atoms with Gasteiger partial charge in [0.2, 0.25) is 0 Å². The van der Waals surface area contributed by atoms with Gasteiger partial charge in [-0.3, -0.25) is 5.32 Å². The molecule has 3 rings (SSSR count). The molecule has 2 aromatic heterocycles. The van der Waals surface area contributed by atoms with Gasteiger partial charge in [-0.1, -0.05) is 5.16 Å². The molecule has 2 heterocycles. The average Bonchev–Trinajstić information content (AvgIpc) is 3.01. The van der Waals surface area contributed by atoms with Crippen LogP contribution in [-0.2, 0) is 6.42 Å². The van der Waals surface area contributed by atoms with Gasteiger partial charge in [-0.05, 0) is 33.1 Å². The van der Waals surface area contributed by atoms with Crippen molar-refractivity contribution in [3.8, 4) is 0 Å². The lowest BCUT2D eigenvalue weighted by molar-refractivity contribution is 0.250. The fourth-order valence-electron chi connectivity index (χ4n) is 2.63. The van der Waals surface area contributed by atoms with Gasteiger partial charge in [0.25, 0.3) is 0 Å². The lowest BCUT2D eigenvalue weighted by atomic mass is 9.91. The predicted molar refractivity (Wildman–Crippen MR) is 80.8 cm³/mol. The molecule has 1 aliphatic rings. The summed E-state index contributed by atoms with van der Waals surface area (Å²) in [6, 6.07) is 1.42. The molecule has 0 saturated carbocycles. The molecule has 6 nitrogen and oxygen atoms in total. The Labute approximate surface area is 126 Å². The number of fused-ring (bicyclic) bond motifs is 1. The second-order valence-electron chi connectivity index (χ2n) is 5.29. The smallest absolute Gasteiger partial charge is 0.320 e. The van der Waals surface area contributed by atoms with E-state index < -0.39 is 0 Å². The van der Waals surface area contributed by atoms with Gasteiger partial charge in [-0.2, -0.15) is 0 Å². The Balaban J connectivity index is 1.57. The number of urea groups is 1. The Morgan fingerprint density at radius 3 is 3.14 bits per heavy atom. The number of carbonyl (C=O) groups excluding carboxylic acids is 1. The molecular weight excluding hydrogens is 288 g/mol. The zero-order chi connectivity index (χ0) is 14.8. The summed E-state index contributed by atoms with van der Waals surface area (Å²) in [7, 11) is 0. The Bertz CT molecular complexity index is 649. The first-order valence-electron chi connectivity index (χ1n) is 7.06. The second-order valence-corrected chi connectivity index (χ2v) is 6.58. The topological polar surface area (TPSA) is 80.0 Å². The van der Waals surface area contributed by atoms with Crippen LogP contribution in [0.3, 0.4) is 0 Å². The number of hydrogen-bond donors (Lipinski definition) is 2. The molecular formula is C14H18N4O2S. The van der Waals surface area contributed by atoms with E-state index in [4.69, 9.17) is 4.52 Å². The number of anilines is 1. The lowest BCUT2D eigenvalue weighted by Crippen LogP contribution is -2.33. The largest absolute Gasteiger partial charge is 0.360 e. The molecule has 0 radical (unpaired) electrons. The monoisotopic (exact) mass is 306 g/mol. The van der Waals surface area contributed by atoms with E-state index in [0.29, 0.717) is 24.0 Å². The standard InChI is InChI=1S/C14H18N4O2S/c1-8-6-12(18-20-8)17-14(19)15-7-10-4-3-5-11-13(10)16-9(2)21-11/h6,10H,3-5,7H2,1-2H3,(H2,15,17,18,19)/t10-/m1/s1. The van der Waals surface area contributed by atoms with Crippen molar-refractivity contribution in [2.75, 3.05) is 11.9 Å². The molecule has 2 aromatic rings. The number of carbonyl (C=O) groups is 1. The minimum absolute atomic E-state index is 0.262. The van der Waals surface area contributed by atoms with E-state index in [1.165, 1.54) is 10.6 Å². The number of nitrogens with one attached hydrogen (secondary N) is 2. The van der Waals surface area contributed by atoms with Crippen molar-refractivity contribution in [3.05, 3.63) is 27.4 Å². The van der Waals surface area contributed by atoms with Gasteiger partial charge >= 0.3 is 6.03 Å². The van der Waals surface area contributed by atoms with Crippen LogP contribution < -0.4 is 10.6 Å². The predicted octanol–water partition coefficient (Wildman–Crippen LogP) is 2.99. The molecule has 0 aliphatic heterocycles. The van der Waals surface area contributed by atoms with Crippen molar-refractivity contribution in [2.45, 2.75) is 39.0 Å². The normalized spacial score (nSPS) is 17.3. The summed E-state index contributed by atoms with van der Waals surface area (Å²) in [5, 5.41) is 10.4. The van der Waals surface area contributed by atoms with Crippen molar-refractivity contribution in [3.63, 3.8) is 0 Å². The van der Waals surface area contributed by atoms with Crippen LogP contribution in [0.15, 0.2) is 10.6 Å². The van der Waals surface area contributed by atoms with Crippen LogP contribution in [-0.4, -0.2) is 22.7 Å². The van der Waals surface area contributed by atoms with E-state index in [1.54, 1.807) is 24.3 Å². The first-order chi connectivity index (χ1) is 10.1. The highest BCUT2D eigenvalue weighted by Gasteiger charge is 2.24. The Morgan fingerprint density at radius 1 is 1.52 bits per heavy atom. The molecule has 0 saturated heterocycles. The molecule has 2 amide bonds. The van der Waals surface area contributed by atoms with Crippen molar-refractivity contribution < 1.29 is 9.32 Å². The zero-order valence-corrected chi connectivity index (χ0v) is 12.9. The highest BCUT2D eigenvalue weighted by molar-refractivity contribution is 7.11. The van der Waals surface area contributed by atoms with Gasteiger partial charge in [-0.15, -0.1) is 11.3 Å². The Morgan fingerprint density at radius 2 is 2.38 bits per heavy atom.